The van der Waals surface area contributed by atoms with Gasteiger partial charge < -0.3 is 4.55 Å². The lowest BCUT2D eigenvalue weighted by atomic mass is 10.1. The lowest BCUT2D eigenvalue weighted by Crippen LogP contribution is -2.18. The molecule has 58 valence electrons. The Morgan fingerprint density at radius 3 is 2.20 bits per heavy atom. The number of allylic oxidation sites excluding steroid dienone is 2. The van der Waals surface area contributed by atoms with Crippen LogP contribution in [0.25, 0.3) is 0 Å². The molecule has 1 rings (SSSR count). The van der Waals surface area contributed by atoms with Crippen LogP contribution in [0.4, 0.5) is 0 Å². The molecule has 0 aromatic rings. The highest BCUT2D eigenvalue weighted by Gasteiger charge is 2.16. The first kappa shape index (κ1) is 8.15. The van der Waals surface area contributed by atoms with Gasteiger partial charge in [0.25, 0.3) is 0 Å². The molecule has 0 unspecified atom stereocenters. The lowest BCUT2D eigenvalue weighted by molar-refractivity contribution is 0.587. The first-order chi connectivity index (χ1) is 4.70. The van der Waals surface area contributed by atoms with Crippen molar-refractivity contribution in [3.8, 4) is 0 Å². The summed E-state index contributed by atoms with van der Waals surface area (Å²) in [6.45, 7) is 4.28. The molecule has 2 heteroatoms. The Hall–Kier alpha value is 0.0500. The van der Waals surface area contributed by atoms with Gasteiger partial charge in [0.1, 0.15) is 11.5 Å². The van der Waals surface area contributed by atoms with E-state index >= 15 is 0 Å². The van der Waals surface area contributed by atoms with E-state index in [0.29, 0.717) is 0 Å². The zero-order chi connectivity index (χ0) is 7.56. The van der Waals surface area contributed by atoms with Crippen LogP contribution in [0.3, 0.4) is 0 Å². The zero-order valence-electron chi connectivity index (χ0n) is 6.64. The van der Waals surface area contributed by atoms with Crippen LogP contribution in [-0.4, -0.2) is 16.1 Å². The lowest BCUT2D eigenvalue weighted by Gasteiger charge is -2.19. The monoisotopic (exact) mass is 158 g/mol. The highest BCUT2D eigenvalue weighted by Crippen LogP contribution is 2.20. The second-order valence-electron chi connectivity index (χ2n) is 2.95. The van der Waals surface area contributed by atoms with E-state index < -0.39 is 11.2 Å². The molecule has 1 heterocycles. The molecule has 0 aromatic carbocycles. The molecule has 0 bridgehead atoms. The summed E-state index contributed by atoms with van der Waals surface area (Å²) in [4.78, 5) is 0. The summed E-state index contributed by atoms with van der Waals surface area (Å²) in [5.41, 5.74) is 2.95. The van der Waals surface area contributed by atoms with E-state index in [2.05, 4.69) is 13.8 Å². The van der Waals surface area contributed by atoms with Gasteiger partial charge in [0.15, 0.2) is 0 Å². The minimum atomic E-state index is -0.512. The minimum absolute atomic E-state index is 0.512. The highest BCUT2D eigenvalue weighted by atomic mass is 32.2. The van der Waals surface area contributed by atoms with Crippen molar-refractivity contribution in [1.29, 1.82) is 0 Å². The quantitative estimate of drug-likeness (QED) is 0.390. The van der Waals surface area contributed by atoms with Gasteiger partial charge in [-0.3, -0.25) is 0 Å². The van der Waals surface area contributed by atoms with Crippen molar-refractivity contribution in [3.05, 3.63) is 11.1 Å². The topological polar surface area (TPSA) is 23.1 Å². The number of hydrogen-bond donors (Lipinski definition) is 0. The van der Waals surface area contributed by atoms with Crippen molar-refractivity contribution in [2.75, 3.05) is 11.5 Å². The highest BCUT2D eigenvalue weighted by molar-refractivity contribution is 7.91. The number of hydrogen-bond acceptors (Lipinski definition) is 1. The Kier molecular flexibility index (Phi) is 2.81. The second-order valence-corrected chi connectivity index (χ2v) is 4.65. The standard InChI is InChI=1S/C8H14OS/c1-7(2)8-3-5-10(9)6-4-8/h3-6H2,1-2H3. The Bertz CT molecular complexity index is 137. The summed E-state index contributed by atoms with van der Waals surface area (Å²) in [7, 11) is 0. The maximum Gasteiger partial charge on any atom is 0.109 e. The molecule has 1 saturated heterocycles. The Morgan fingerprint density at radius 1 is 1.30 bits per heavy atom. The van der Waals surface area contributed by atoms with Crippen LogP contribution < -0.4 is 0 Å². The van der Waals surface area contributed by atoms with Crippen LogP contribution >= 0.6 is 0 Å². The zero-order valence-corrected chi connectivity index (χ0v) is 7.46. The molecule has 0 amide bonds. The molecule has 0 aliphatic carbocycles. The predicted octanol–water partition coefficient (Wildman–Crippen LogP) is 1.87. The molecule has 0 aromatic heterocycles. The third-order valence-electron chi connectivity index (χ3n) is 1.97. The molecule has 1 aliphatic rings. The van der Waals surface area contributed by atoms with Crippen LogP contribution in [0.1, 0.15) is 26.7 Å². The molecular weight excluding hydrogens is 144 g/mol. The molecule has 1 aliphatic heterocycles. The molecule has 0 radical (unpaired) electrons. The van der Waals surface area contributed by atoms with E-state index in [1.54, 1.807) is 0 Å². The maximum absolute atomic E-state index is 10.9. The summed E-state index contributed by atoms with van der Waals surface area (Å²) >= 11 is -0.512. The fraction of sp³-hybridized carbons (Fsp3) is 0.750. The Labute approximate surface area is 65.7 Å². The fourth-order valence-corrected chi connectivity index (χ4v) is 2.35. The third-order valence-corrected chi connectivity index (χ3v) is 3.29. The smallest absolute Gasteiger partial charge is 0.109 e. The van der Waals surface area contributed by atoms with Gasteiger partial charge >= 0.3 is 0 Å². The van der Waals surface area contributed by atoms with Crippen LogP contribution in [0.2, 0.25) is 0 Å². The normalized spacial score (nSPS) is 26.7. The largest absolute Gasteiger partial charge is 0.616 e. The minimum Gasteiger partial charge on any atom is -0.616 e. The molecule has 0 saturated carbocycles. The van der Waals surface area contributed by atoms with Crippen LogP contribution in [0.5, 0.6) is 0 Å². The summed E-state index contributed by atoms with van der Waals surface area (Å²) in [6.07, 6.45) is 2.13. The van der Waals surface area contributed by atoms with Gasteiger partial charge in [0.2, 0.25) is 0 Å². The van der Waals surface area contributed by atoms with Crippen molar-refractivity contribution in [2.45, 2.75) is 26.7 Å². The second kappa shape index (κ2) is 3.44. The van der Waals surface area contributed by atoms with Crippen molar-refractivity contribution < 1.29 is 4.55 Å². The Morgan fingerprint density at radius 2 is 1.80 bits per heavy atom. The first-order valence-electron chi connectivity index (χ1n) is 3.70. The summed E-state index contributed by atoms with van der Waals surface area (Å²) in [5.74, 6) is 1.78. The van der Waals surface area contributed by atoms with E-state index in [4.69, 9.17) is 0 Å². The van der Waals surface area contributed by atoms with Gasteiger partial charge in [-0.05, 0) is 13.8 Å². The molecule has 0 atom stereocenters. The molecule has 0 spiro atoms. The summed E-state index contributed by atoms with van der Waals surface area (Å²) < 4.78 is 10.9. The predicted molar refractivity (Wildman–Crippen MR) is 45.5 cm³/mol. The molecule has 1 nitrogen and oxygen atoms in total. The van der Waals surface area contributed by atoms with Gasteiger partial charge in [-0.2, -0.15) is 0 Å². The molecule has 0 N–H and O–H groups in total. The summed E-state index contributed by atoms with van der Waals surface area (Å²) in [5, 5.41) is 0. The van der Waals surface area contributed by atoms with Crippen LogP contribution in [-0.2, 0) is 11.2 Å². The SMILES string of the molecule is CC(C)=C1CC[S+]([O-])CC1. The van der Waals surface area contributed by atoms with Crippen molar-refractivity contribution in [3.63, 3.8) is 0 Å². The van der Waals surface area contributed by atoms with Crippen molar-refractivity contribution in [2.24, 2.45) is 0 Å². The molecule has 1 fully saturated rings. The van der Waals surface area contributed by atoms with E-state index in [0.717, 1.165) is 24.3 Å². The third kappa shape index (κ3) is 2.03. The fourth-order valence-electron chi connectivity index (χ4n) is 1.20. The first-order valence-corrected chi connectivity index (χ1v) is 5.19. The average molecular weight is 158 g/mol. The maximum atomic E-state index is 10.9. The van der Waals surface area contributed by atoms with Gasteiger partial charge in [-0.25, -0.2) is 0 Å². The molecular formula is C8H14OS. The van der Waals surface area contributed by atoms with Crippen molar-refractivity contribution >= 4 is 11.2 Å². The number of rotatable bonds is 0. The van der Waals surface area contributed by atoms with E-state index in [-0.39, 0.29) is 0 Å². The van der Waals surface area contributed by atoms with Gasteiger partial charge in [0, 0.05) is 12.8 Å². The average Bonchev–Trinajstić information content (AvgIpc) is 1.88. The Balaban J connectivity index is 2.48. The van der Waals surface area contributed by atoms with E-state index in [1.807, 2.05) is 0 Å². The van der Waals surface area contributed by atoms with E-state index in [9.17, 15) is 4.55 Å². The summed E-state index contributed by atoms with van der Waals surface area (Å²) in [6, 6.07) is 0. The molecule has 10 heavy (non-hydrogen) atoms. The van der Waals surface area contributed by atoms with Crippen LogP contribution in [0, 0.1) is 0 Å². The van der Waals surface area contributed by atoms with Crippen LogP contribution in [0.15, 0.2) is 11.1 Å². The van der Waals surface area contributed by atoms with Gasteiger partial charge in [-0.15, -0.1) is 0 Å². The van der Waals surface area contributed by atoms with Gasteiger partial charge in [-0.1, -0.05) is 22.3 Å². The van der Waals surface area contributed by atoms with E-state index in [1.165, 1.54) is 11.1 Å². The van der Waals surface area contributed by atoms with Gasteiger partial charge in [0.05, 0.1) is 0 Å². The van der Waals surface area contributed by atoms with Crippen molar-refractivity contribution in [1.82, 2.24) is 0 Å².